The van der Waals surface area contributed by atoms with Gasteiger partial charge in [-0.15, -0.1) is 0 Å². The average molecular weight is 369 g/mol. The van der Waals surface area contributed by atoms with E-state index in [9.17, 15) is 13.2 Å². The molecule has 142 valence electrons. The van der Waals surface area contributed by atoms with Crippen LogP contribution in [-0.4, -0.2) is 30.2 Å². The number of hydrogen-bond donors (Lipinski definition) is 0. The second-order valence-corrected chi connectivity index (χ2v) is 5.58. The predicted octanol–water partition coefficient (Wildman–Crippen LogP) is 4.84. The lowest BCUT2D eigenvalue weighted by Crippen LogP contribution is -2.19. The minimum absolute atomic E-state index is 0.0702. The standard InChI is InChI=1S/C18H22F3N3O2/c1-4-6-11-26-17-22-12-15(18(19,20)21)16(23-17)24(3)13-7-9-14(10-8-13)25-5-2/h7-10,12H,4-6,11H2,1-3H3. The first-order valence-electron chi connectivity index (χ1n) is 8.40. The highest BCUT2D eigenvalue weighted by atomic mass is 19.4. The highest BCUT2D eigenvalue weighted by Gasteiger charge is 2.36. The Morgan fingerprint density at radius 1 is 1.08 bits per heavy atom. The Morgan fingerprint density at radius 3 is 2.35 bits per heavy atom. The van der Waals surface area contributed by atoms with Crippen molar-refractivity contribution in [1.29, 1.82) is 0 Å². The third-order valence-corrected chi connectivity index (χ3v) is 3.63. The van der Waals surface area contributed by atoms with Gasteiger partial charge in [0, 0.05) is 18.9 Å². The lowest BCUT2D eigenvalue weighted by Gasteiger charge is -2.22. The molecule has 0 aliphatic rings. The first-order valence-corrected chi connectivity index (χ1v) is 8.40. The summed E-state index contributed by atoms with van der Waals surface area (Å²) in [6.07, 6.45) is -2.14. The average Bonchev–Trinajstić information content (AvgIpc) is 2.61. The molecule has 1 aromatic heterocycles. The molecule has 0 fully saturated rings. The van der Waals surface area contributed by atoms with Crippen LogP contribution in [0.25, 0.3) is 0 Å². The molecule has 0 aliphatic heterocycles. The van der Waals surface area contributed by atoms with Gasteiger partial charge in [-0.1, -0.05) is 13.3 Å². The van der Waals surface area contributed by atoms with E-state index in [0.717, 1.165) is 19.0 Å². The number of alkyl halides is 3. The molecule has 2 aromatic rings. The summed E-state index contributed by atoms with van der Waals surface area (Å²) in [5.41, 5.74) is -0.381. The van der Waals surface area contributed by atoms with Crippen LogP contribution in [0.3, 0.4) is 0 Å². The normalized spacial score (nSPS) is 11.3. The summed E-state index contributed by atoms with van der Waals surface area (Å²) in [4.78, 5) is 9.03. The summed E-state index contributed by atoms with van der Waals surface area (Å²) >= 11 is 0. The van der Waals surface area contributed by atoms with Crippen LogP contribution >= 0.6 is 0 Å². The number of ether oxygens (including phenoxy) is 2. The van der Waals surface area contributed by atoms with Crippen LogP contribution in [0.15, 0.2) is 30.5 Å². The van der Waals surface area contributed by atoms with Crippen molar-refractivity contribution in [3.05, 3.63) is 36.0 Å². The smallest absolute Gasteiger partial charge is 0.421 e. The molecular formula is C18H22F3N3O2. The van der Waals surface area contributed by atoms with E-state index in [2.05, 4.69) is 9.97 Å². The molecule has 0 spiro atoms. The molecule has 0 aliphatic carbocycles. The van der Waals surface area contributed by atoms with Crippen molar-refractivity contribution in [2.24, 2.45) is 0 Å². The minimum atomic E-state index is -4.57. The Bertz CT molecular complexity index is 706. The van der Waals surface area contributed by atoms with E-state index in [0.29, 0.717) is 24.7 Å². The molecule has 26 heavy (non-hydrogen) atoms. The fourth-order valence-electron chi connectivity index (χ4n) is 2.25. The summed E-state index contributed by atoms with van der Waals surface area (Å²) in [5.74, 6) is 0.384. The molecule has 5 nitrogen and oxygen atoms in total. The zero-order valence-corrected chi connectivity index (χ0v) is 15.0. The largest absolute Gasteiger partial charge is 0.494 e. The van der Waals surface area contributed by atoms with Crippen LogP contribution in [0.5, 0.6) is 11.8 Å². The number of benzene rings is 1. The Kier molecular flexibility index (Phi) is 6.65. The van der Waals surface area contributed by atoms with E-state index in [1.54, 1.807) is 24.3 Å². The van der Waals surface area contributed by atoms with E-state index in [4.69, 9.17) is 9.47 Å². The van der Waals surface area contributed by atoms with Crippen LogP contribution < -0.4 is 14.4 Å². The number of anilines is 2. The fraction of sp³-hybridized carbons (Fsp3) is 0.444. The Morgan fingerprint density at radius 2 is 1.77 bits per heavy atom. The number of unbranched alkanes of at least 4 members (excludes halogenated alkanes) is 1. The predicted molar refractivity (Wildman–Crippen MR) is 93.1 cm³/mol. The highest BCUT2D eigenvalue weighted by molar-refractivity contribution is 5.63. The molecule has 0 N–H and O–H groups in total. The van der Waals surface area contributed by atoms with Crippen molar-refractivity contribution in [2.75, 3.05) is 25.2 Å². The van der Waals surface area contributed by atoms with Crippen molar-refractivity contribution < 1.29 is 22.6 Å². The van der Waals surface area contributed by atoms with E-state index >= 15 is 0 Å². The van der Waals surface area contributed by atoms with Crippen molar-refractivity contribution >= 4 is 11.5 Å². The molecule has 0 unspecified atom stereocenters. The highest BCUT2D eigenvalue weighted by Crippen LogP contribution is 2.37. The number of nitrogens with zero attached hydrogens (tertiary/aromatic N) is 3. The Balaban J connectivity index is 2.34. The summed E-state index contributed by atoms with van der Waals surface area (Å²) in [6.45, 7) is 4.71. The lowest BCUT2D eigenvalue weighted by molar-refractivity contribution is -0.137. The second kappa shape index (κ2) is 8.73. The molecule has 2 rings (SSSR count). The zero-order chi connectivity index (χ0) is 19.2. The van der Waals surface area contributed by atoms with Crippen molar-refractivity contribution in [2.45, 2.75) is 32.9 Å². The lowest BCUT2D eigenvalue weighted by atomic mass is 10.2. The van der Waals surface area contributed by atoms with E-state index < -0.39 is 11.7 Å². The minimum Gasteiger partial charge on any atom is -0.494 e. The summed E-state index contributed by atoms with van der Waals surface area (Å²) < 4.78 is 50.8. The summed E-state index contributed by atoms with van der Waals surface area (Å²) in [7, 11) is 1.52. The van der Waals surface area contributed by atoms with Crippen LogP contribution in [-0.2, 0) is 6.18 Å². The molecule has 1 aromatic carbocycles. The van der Waals surface area contributed by atoms with Crippen molar-refractivity contribution in [3.63, 3.8) is 0 Å². The number of rotatable bonds is 8. The first kappa shape index (κ1) is 19.8. The van der Waals surface area contributed by atoms with Gasteiger partial charge in [-0.2, -0.15) is 18.2 Å². The fourth-order valence-corrected chi connectivity index (χ4v) is 2.25. The second-order valence-electron chi connectivity index (χ2n) is 5.58. The van der Waals surface area contributed by atoms with Gasteiger partial charge in [0.05, 0.1) is 13.2 Å². The molecule has 0 amide bonds. The van der Waals surface area contributed by atoms with Gasteiger partial charge < -0.3 is 14.4 Å². The van der Waals surface area contributed by atoms with E-state index in [1.807, 2.05) is 13.8 Å². The molecule has 1 heterocycles. The summed E-state index contributed by atoms with van der Waals surface area (Å²) in [6, 6.07) is 6.67. The number of hydrogen-bond acceptors (Lipinski definition) is 5. The SMILES string of the molecule is CCCCOc1ncc(C(F)(F)F)c(N(C)c2ccc(OCC)cc2)n1. The van der Waals surface area contributed by atoms with Gasteiger partial charge in [0.15, 0.2) is 5.82 Å². The quantitative estimate of drug-likeness (QED) is 0.623. The summed E-state index contributed by atoms with van der Waals surface area (Å²) in [5, 5.41) is 0. The molecule has 0 saturated carbocycles. The van der Waals surface area contributed by atoms with Gasteiger partial charge in [-0.3, -0.25) is 0 Å². The monoisotopic (exact) mass is 369 g/mol. The first-order chi connectivity index (χ1) is 12.4. The van der Waals surface area contributed by atoms with Gasteiger partial charge in [0.1, 0.15) is 11.3 Å². The van der Waals surface area contributed by atoms with Gasteiger partial charge in [-0.25, -0.2) is 4.98 Å². The van der Waals surface area contributed by atoms with E-state index in [1.165, 1.54) is 11.9 Å². The maximum absolute atomic E-state index is 13.4. The van der Waals surface area contributed by atoms with Gasteiger partial charge >= 0.3 is 12.2 Å². The Hall–Kier alpha value is -2.51. The third-order valence-electron chi connectivity index (χ3n) is 3.63. The molecule has 0 atom stereocenters. The van der Waals surface area contributed by atoms with Crippen molar-refractivity contribution in [3.8, 4) is 11.8 Å². The molecule has 0 bridgehead atoms. The maximum Gasteiger partial charge on any atom is 0.421 e. The number of aromatic nitrogens is 2. The van der Waals surface area contributed by atoms with Crippen LogP contribution in [0.4, 0.5) is 24.7 Å². The molecule has 0 radical (unpaired) electrons. The van der Waals surface area contributed by atoms with Crippen molar-refractivity contribution in [1.82, 2.24) is 9.97 Å². The number of halogens is 3. The van der Waals surface area contributed by atoms with E-state index in [-0.39, 0.29) is 11.8 Å². The third kappa shape index (κ3) is 5.00. The zero-order valence-electron chi connectivity index (χ0n) is 15.0. The van der Waals surface area contributed by atoms with Crippen LogP contribution in [0, 0.1) is 0 Å². The molecule has 0 saturated heterocycles. The van der Waals surface area contributed by atoms with Gasteiger partial charge in [-0.05, 0) is 37.6 Å². The van der Waals surface area contributed by atoms with Crippen LogP contribution in [0.1, 0.15) is 32.3 Å². The molecular weight excluding hydrogens is 347 g/mol. The van der Waals surface area contributed by atoms with Crippen LogP contribution in [0.2, 0.25) is 0 Å². The van der Waals surface area contributed by atoms with Gasteiger partial charge in [0.25, 0.3) is 0 Å². The Labute approximate surface area is 150 Å². The van der Waals surface area contributed by atoms with Gasteiger partial charge in [0.2, 0.25) is 0 Å². The topological polar surface area (TPSA) is 47.5 Å². The maximum atomic E-state index is 13.4. The molecule has 8 heteroatoms.